The highest BCUT2D eigenvalue weighted by molar-refractivity contribution is 5.80. The summed E-state index contributed by atoms with van der Waals surface area (Å²) in [6.07, 6.45) is 6.89. The van der Waals surface area contributed by atoms with Gasteiger partial charge in [-0.05, 0) is 24.1 Å². The molecule has 27 heavy (non-hydrogen) atoms. The van der Waals surface area contributed by atoms with Gasteiger partial charge >= 0.3 is 0 Å². The van der Waals surface area contributed by atoms with E-state index in [2.05, 4.69) is 37.3 Å². The number of rotatable bonds is 6. The zero-order valence-corrected chi connectivity index (χ0v) is 14.3. The molecule has 3 heterocycles. The molecule has 4 aromatic rings. The second-order valence-corrected chi connectivity index (χ2v) is 5.90. The van der Waals surface area contributed by atoms with Gasteiger partial charge in [0.15, 0.2) is 0 Å². The van der Waals surface area contributed by atoms with Crippen LogP contribution in [0.5, 0.6) is 0 Å². The first-order valence-electron chi connectivity index (χ1n) is 8.41. The third-order valence-corrected chi connectivity index (χ3v) is 4.00. The fraction of sp³-hybridized carbons (Fsp3) is 0.100. The molecule has 0 aliphatic heterocycles. The number of aldehydes is 1. The minimum absolute atomic E-state index is 0.278. The van der Waals surface area contributed by atoms with Crippen LogP contribution in [0, 0.1) is 0 Å². The first-order valence-corrected chi connectivity index (χ1v) is 8.41. The molecule has 0 spiro atoms. The van der Waals surface area contributed by atoms with Crippen LogP contribution >= 0.6 is 0 Å². The highest BCUT2D eigenvalue weighted by atomic mass is 16.4. The van der Waals surface area contributed by atoms with Crippen LogP contribution in [-0.2, 0) is 12.8 Å². The van der Waals surface area contributed by atoms with Gasteiger partial charge in [-0.1, -0.05) is 30.3 Å². The normalized spacial score (nSPS) is 10.7. The summed E-state index contributed by atoms with van der Waals surface area (Å²) in [7, 11) is 0. The van der Waals surface area contributed by atoms with Crippen LogP contribution in [0.2, 0.25) is 0 Å². The van der Waals surface area contributed by atoms with E-state index in [1.807, 2.05) is 18.2 Å². The lowest BCUT2D eigenvalue weighted by molar-refractivity contribution is 0.112. The van der Waals surface area contributed by atoms with Gasteiger partial charge in [-0.2, -0.15) is 0 Å². The molecule has 0 amide bonds. The van der Waals surface area contributed by atoms with Crippen molar-refractivity contribution >= 4 is 6.29 Å². The topological polar surface area (TPSA) is 94.7 Å². The van der Waals surface area contributed by atoms with Gasteiger partial charge in [0.2, 0.25) is 5.89 Å². The first kappa shape index (κ1) is 16.7. The van der Waals surface area contributed by atoms with Crippen LogP contribution < -0.4 is 0 Å². The van der Waals surface area contributed by atoms with Gasteiger partial charge in [-0.3, -0.25) is 4.79 Å². The van der Waals surface area contributed by atoms with Crippen LogP contribution in [0.4, 0.5) is 0 Å². The predicted octanol–water partition coefficient (Wildman–Crippen LogP) is 3.19. The summed E-state index contributed by atoms with van der Waals surface area (Å²) >= 11 is 0. The summed E-state index contributed by atoms with van der Waals surface area (Å²) in [5.41, 5.74) is 3.37. The summed E-state index contributed by atoms with van der Waals surface area (Å²) < 4.78 is 5.75. The fourth-order valence-electron chi connectivity index (χ4n) is 2.66. The van der Waals surface area contributed by atoms with Crippen molar-refractivity contribution in [3.05, 3.63) is 78.2 Å². The van der Waals surface area contributed by atoms with Crippen molar-refractivity contribution in [1.29, 1.82) is 0 Å². The van der Waals surface area contributed by atoms with E-state index in [0.29, 0.717) is 34.8 Å². The number of hydrogen-bond acceptors (Lipinski definition) is 7. The zero-order chi connectivity index (χ0) is 18.5. The van der Waals surface area contributed by atoms with E-state index >= 15 is 0 Å². The lowest BCUT2D eigenvalue weighted by Gasteiger charge is -2.03. The molecule has 0 aliphatic carbocycles. The van der Waals surface area contributed by atoms with Crippen molar-refractivity contribution in [3.8, 4) is 22.8 Å². The van der Waals surface area contributed by atoms with Crippen molar-refractivity contribution in [1.82, 2.24) is 25.1 Å². The number of benzene rings is 1. The average molecular weight is 357 g/mol. The minimum atomic E-state index is 0.278. The van der Waals surface area contributed by atoms with Crippen LogP contribution in [0.25, 0.3) is 22.8 Å². The van der Waals surface area contributed by atoms with Gasteiger partial charge in [0.05, 0.1) is 5.69 Å². The van der Waals surface area contributed by atoms with E-state index in [1.165, 1.54) is 11.9 Å². The van der Waals surface area contributed by atoms with Crippen LogP contribution in [-0.4, -0.2) is 31.4 Å². The second-order valence-electron chi connectivity index (χ2n) is 5.90. The smallest absolute Gasteiger partial charge is 0.266 e. The molecule has 0 saturated heterocycles. The summed E-state index contributed by atoms with van der Waals surface area (Å²) in [6, 6.07) is 13.4. The molecule has 0 N–H and O–H groups in total. The number of carbonyl (C=O) groups is 1. The quantitative estimate of drug-likeness (QED) is 0.489. The molecular weight excluding hydrogens is 342 g/mol. The first-order chi connectivity index (χ1) is 13.3. The third-order valence-electron chi connectivity index (χ3n) is 4.00. The maximum atomic E-state index is 11.3. The minimum Gasteiger partial charge on any atom is -0.419 e. The summed E-state index contributed by atoms with van der Waals surface area (Å²) in [5, 5.41) is 8.18. The Morgan fingerprint density at radius 3 is 2.48 bits per heavy atom. The van der Waals surface area contributed by atoms with Crippen molar-refractivity contribution in [3.63, 3.8) is 0 Å². The molecule has 7 heteroatoms. The Labute approximate surface area is 155 Å². The van der Waals surface area contributed by atoms with Gasteiger partial charge in [-0.25, -0.2) is 15.0 Å². The van der Waals surface area contributed by atoms with Crippen molar-refractivity contribution in [2.24, 2.45) is 0 Å². The van der Waals surface area contributed by atoms with Crippen LogP contribution in [0.1, 0.15) is 21.8 Å². The summed E-state index contributed by atoms with van der Waals surface area (Å²) in [4.78, 5) is 23.8. The number of carbonyl (C=O) groups excluding carboxylic acids is 1. The van der Waals surface area contributed by atoms with E-state index < -0.39 is 0 Å². The molecule has 0 bridgehead atoms. The molecular formula is C20H15N5O2. The zero-order valence-electron chi connectivity index (χ0n) is 14.3. The summed E-state index contributed by atoms with van der Waals surface area (Å²) in [5.74, 6) is 0.802. The molecule has 7 nitrogen and oxygen atoms in total. The molecule has 4 rings (SSSR count). The third kappa shape index (κ3) is 3.92. The fourth-order valence-corrected chi connectivity index (χ4v) is 2.66. The maximum absolute atomic E-state index is 11.3. The van der Waals surface area contributed by atoms with Crippen molar-refractivity contribution in [2.75, 3.05) is 0 Å². The van der Waals surface area contributed by atoms with Gasteiger partial charge < -0.3 is 4.42 Å². The Morgan fingerprint density at radius 2 is 1.70 bits per heavy atom. The molecule has 0 fully saturated rings. The van der Waals surface area contributed by atoms with E-state index in [0.717, 1.165) is 12.7 Å². The summed E-state index contributed by atoms with van der Waals surface area (Å²) in [6.45, 7) is 0. The Bertz CT molecular complexity index is 1050. The second kappa shape index (κ2) is 7.65. The lowest BCUT2D eigenvalue weighted by Crippen LogP contribution is -1.93. The number of hydrogen-bond donors (Lipinski definition) is 0. The molecule has 0 aliphatic rings. The SMILES string of the molecule is O=Cc1cc(-c2cncnc2)nc(-c2nnc(CCc3ccccc3)o2)c1. The predicted molar refractivity (Wildman–Crippen MR) is 97.8 cm³/mol. The largest absolute Gasteiger partial charge is 0.419 e. The lowest BCUT2D eigenvalue weighted by atomic mass is 10.1. The van der Waals surface area contributed by atoms with Gasteiger partial charge in [-0.15, -0.1) is 10.2 Å². The molecule has 0 radical (unpaired) electrons. The van der Waals surface area contributed by atoms with E-state index in [1.54, 1.807) is 24.5 Å². The molecule has 3 aromatic heterocycles. The molecule has 0 atom stereocenters. The number of pyridine rings is 1. The Morgan fingerprint density at radius 1 is 0.926 bits per heavy atom. The molecule has 1 aromatic carbocycles. The van der Waals surface area contributed by atoms with Gasteiger partial charge in [0.25, 0.3) is 5.89 Å². The van der Waals surface area contributed by atoms with Crippen molar-refractivity contribution in [2.45, 2.75) is 12.8 Å². The number of aryl methyl sites for hydroxylation is 2. The Kier molecular flexibility index (Phi) is 4.74. The Hall–Kier alpha value is -3.74. The van der Waals surface area contributed by atoms with E-state index in [9.17, 15) is 4.79 Å². The monoisotopic (exact) mass is 357 g/mol. The van der Waals surface area contributed by atoms with E-state index in [4.69, 9.17) is 4.42 Å². The Balaban J connectivity index is 1.60. The number of nitrogens with zero attached hydrogens (tertiary/aromatic N) is 5. The standard InChI is InChI=1S/C20H15N5O2/c26-12-15-8-17(16-10-21-13-22-11-16)23-18(9-15)20-25-24-19(27-20)7-6-14-4-2-1-3-5-14/h1-5,8-13H,6-7H2. The highest BCUT2D eigenvalue weighted by Crippen LogP contribution is 2.23. The number of aromatic nitrogens is 5. The van der Waals surface area contributed by atoms with E-state index in [-0.39, 0.29) is 5.89 Å². The van der Waals surface area contributed by atoms with Crippen LogP contribution in [0.3, 0.4) is 0 Å². The van der Waals surface area contributed by atoms with Gasteiger partial charge in [0.1, 0.15) is 18.3 Å². The highest BCUT2D eigenvalue weighted by Gasteiger charge is 2.13. The molecule has 0 saturated carbocycles. The maximum Gasteiger partial charge on any atom is 0.266 e. The molecule has 132 valence electrons. The van der Waals surface area contributed by atoms with Gasteiger partial charge in [0, 0.05) is 29.9 Å². The van der Waals surface area contributed by atoms with Crippen molar-refractivity contribution < 1.29 is 9.21 Å². The average Bonchev–Trinajstić information content (AvgIpc) is 3.22. The molecule has 0 unspecified atom stereocenters. The van der Waals surface area contributed by atoms with Crippen LogP contribution in [0.15, 0.2) is 65.6 Å².